The molecule has 0 bridgehead atoms. The first-order chi connectivity index (χ1) is 11.6. The van der Waals surface area contributed by atoms with Crippen molar-refractivity contribution in [2.45, 2.75) is 13.3 Å². The van der Waals surface area contributed by atoms with E-state index in [0.29, 0.717) is 5.95 Å². The standard InChI is InChI=1S/C17H20N4O3/c1-3-13-7-4-5-8-14(13)20-15(22)12-24-16(23)11-21(2)17-18-9-6-10-19-17/h4-10H,3,11-12H2,1-2H3,(H,20,22). The molecule has 0 aliphatic carbocycles. The van der Waals surface area contributed by atoms with E-state index in [2.05, 4.69) is 15.3 Å². The third-order valence-corrected chi connectivity index (χ3v) is 3.30. The van der Waals surface area contributed by atoms with Gasteiger partial charge >= 0.3 is 5.97 Å². The summed E-state index contributed by atoms with van der Waals surface area (Å²) in [6.07, 6.45) is 3.98. The lowest BCUT2D eigenvalue weighted by molar-refractivity contribution is -0.145. The fourth-order valence-corrected chi connectivity index (χ4v) is 2.08. The lowest BCUT2D eigenvalue weighted by atomic mass is 10.1. The predicted octanol–water partition coefficient (Wildman–Crippen LogP) is 1.66. The second-order valence-corrected chi connectivity index (χ2v) is 5.12. The Hall–Kier alpha value is -2.96. The molecule has 7 heteroatoms. The van der Waals surface area contributed by atoms with Gasteiger partial charge in [0.05, 0.1) is 0 Å². The molecule has 2 aromatic rings. The number of hydrogen-bond acceptors (Lipinski definition) is 6. The molecule has 1 N–H and O–H groups in total. The van der Waals surface area contributed by atoms with E-state index in [-0.39, 0.29) is 19.1 Å². The Morgan fingerprint density at radius 1 is 1.17 bits per heavy atom. The molecule has 0 fully saturated rings. The van der Waals surface area contributed by atoms with Crippen LogP contribution in [-0.4, -0.2) is 42.0 Å². The van der Waals surface area contributed by atoms with Gasteiger partial charge in [0.15, 0.2) is 6.61 Å². The number of nitrogens with one attached hydrogen (secondary N) is 1. The van der Waals surface area contributed by atoms with Crippen LogP contribution in [0.1, 0.15) is 12.5 Å². The second kappa shape index (κ2) is 8.61. The van der Waals surface area contributed by atoms with E-state index in [9.17, 15) is 9.59 Å². The lowest BCUT2D eigenvalue weighted by Crippen LogP contribution is -2.30. The van der Waals surface area contributed by atoms with Gasteiger partial charge in [0, 0.05) is 25.1 Å². The van der Waals surface area contributed by atoms with Crippen molar-refractivity contribution < 1.29 is 14.3 Å². The van der Waals surface area contributed by atoms with Gasteiger partial charge in [-0.05, 0) is 24.1 Å². The highest BCUT2D eigenvalue weighted by molar-refractivity contribution is 5.93. The Balaban J connectivity index is 1.80. The molecular formula is C17H20N4O3. The molecule has 1 amide bonds. The van der Waals surface area contributed by atoms with E-state index in [1.807, 2.05) is 31.2 Å². The van der Waals surface area contributed by atoms with E-state index in [1.54, 1.807) is 30.4 Å². The summed E-state index contributed by atoms with van der Waals surface area (Å²) < 4.78 is 4.99. The average molecular weight is 328 g/mol. The van der Waals surface area contributed by atoms with Crippen LogP contribution in [-0.2, 0) is 20.7 Å². The maximum absolute atomic E-state index is 11.9. The Morgan fingerprint density at radius 3 is 2.58 bits per heavy atom. The molecule has 1 heterocycles. The van der Waals surface area contributed by atoms with E-state index in [4.69, 9.17) is 4.74 Å². The Morgan fingerprint density at radius 2 is 1.88 bits per heavy atom. The van der Waals surface area contributed by atoms with Gasteiger partial charge in [-0.15, -0.1) is 0 Å². The van der Waals surface area contributed by atoms with Crippen LogP contribution in [0.5, 0.6) is 0 Å². The number of aromatic nitrogens is 2. The summed E-state index contributed by atoms with van der Waals surface area (Å²) in [5.41, 5.74) is 1.76. The van der Waals surface area contributed by atoms with Crippen LogP contribution in [0, 0.1) is 0 Å². The highest BCUT2D eigenvalue weighted by Crippen LogP contribution is 2.15. The first kappa shape index (κ1) is 17.4. The molecule has 0 unspecified atom stereocenters. The van der Waals surface area contributed by atoms with E-state index in [0.717, 1.165) is 17.7 Å². The number of rotatable bonds is 7. The van der Waals surface area contributed by atoms with Crippen molar-refractivity contribution in [2.24, 2.45) is 0 Å². The van der Waals surface area contributed by atoms with Crippen LogP contribution in [0.15, 0.2) is 42.7 Å². The minimum atomic E-state index is -0.524. The Bertz CT molecular complexity index is 691. The number of anilines is 2. The zero-order valence-corrected chi connectivity index (χ0v) is 13.7. The highest BCUT2D eigenvalue weighted by Gasteiger charge is 2.13. The molecule has 0 saturated carbocycles. The lowest BCUT2D eigenvalue weighted by Gasteiger charge is -2.15. The van der Waals surface area contributed by atoms with Gasteiger partial charge in [-0.25, -0.2) is 9.97 Å². The van der Waals surface area contributed by atoms with Crippen LogP contribution in [0.4, 0.5) is 11.6 Å². The molecule has 1 aromatic heterocycles. The number of para-hydroxylation sites is 1. The van der Waals surface area contributed by atoms with Crippen molar-refractivity contribution >= 4 is 23.5 Å². The van der Waals surface area contributed by atoms with E-state index >= 15 is 0 Å². The van der Waals surface area contributed by atoms with Gasteiger partial charge in [0.2, 0.25) is 5.95 Å². The zero-order valence-electron chi connectivity index (χ0n) is 13.7. The van der Waals surface area contributed by atoms with Crippen LogP contribution in [0.2, 0.25) is 0 Å². The first-order valence-corrected chi connectivity index (χ1v) is 7.61. The largest absolute Gasteiger partial charge is 0.454 e. The SMILES string of the molecule is CCc1ccccc1NC(=O)COC(=O)CN(C)c1ncccn1. The van der Waals surface area contributed by atoms with Gasteiger partial charge in [-0.1, -0.05) is 25.1 Å². The van der Waals surface area contributed by atoms with Gasteiger partial charge in [0.25, 0.3) is 5.91 Å². The topological polar surface area (TPSA) is 84.4 Å². The molecular weight excluding hydrogens is 308 g/mol. The molecule has 0 spiro atoms. The number of benzene rings is 1. The quantitative estimate of drug-likeness (QED) is 0.778. The fourth-order valence-electron chi connectivity index (χ4n) is 2.08. The number of ether oxygens (including phenoxy) is 1. The van der Waals surface area contributed by atoms with Gasteiger partial charge in [-0.3, -0.25) is 9.59 Å². The maximum Gasteiger partial charge on any atom is 0.326 e. The maximum atomic E-state index is 11.9. The number of hydrogen-bond donors (Lipinski definition) is 1. The van der Waals surface area contributed by atoms with Crippen LogP contribution >= 0.6 is 0 Å². The molecule has 126 valence electrons. The second-order valence-electron chi connectivity index (χ2n) is 5.12. The van der Waals surface area contributed by atoms with Crippen molar-refractivity contribution in [3.8, 4) is 0 Å². The van der Waals surface area contributed by atoms with Crippen LogP contribution in [0.3, 0.4) is 0 Å². The van der Waals surface area contributed by atoms with Crippen molar-refractivity contribution in [3.63, 3.8) is 0 Å². The molecule has 0 radical (unpaired) electrons. The van der Waals surface area contributed by atoms with Crippen molar-refractivity contribution in [2.75, 3.05) is 30.4 Å². The molecule has 2 rings (SSSR count). The third kappa shape index (κ3) is 5.05. The van der Waals surface area contributed by atoms with Crippen molar-refractivity contribution in [3.05, 3.63) is 48.3 Å². The highest BCUT2D eigenvalue weighted by atomic mass is 16.5. The summed E-state index contributed by atoms with van der Waals surface area (Å²) in [6.45, 7) is 1.63. The van der Waals surface area contributed by atoms with Gasteiger partial charge in [0.1, 0.15) is 6.54 Å². The molecule has 0 atom stereocenters. The third-order valence-electron chi connectivity index (χ3n) is 3.30. The monoisotopic (exact) mass is 328 g/mol. The smallest absolute Gasteiger partial charge is 0.326 e. The number of carbonyl (C=O) groups is 2. The predicted molar refractivity (Wildman–Crippen MR) is 90.7 cm³/mol. The average Bonchev–Trinajstić information content (AvgIpc) is 2.61. The minimum Gasteiger partial charge on any atom is -0.454 e. The van der Waals surface area contributed by atoms with Gasteiger partial charge in [-0.2, -0.15) is 0 Å². The summed E-state index contributed by atoms with van der Waals surface area (Å²) in [6, 6.07) is 9.20. The Labute approximate surface area is 140 Å². The number of amides is 1. The van der Waals surface area contributed by atoms with E-state index < -0.39 is 5.97 Å². The number of carbonyl (C=O) groups excluding carboxylic acids is 2. The summed E-state index contributed by atoms with van der Waals surface area (Å²) in [4.78, 5) is 33.3. The molecule has 1 aromatic carbocycles. The van der Waals surface area contributed by atoms with Crippen molar-refractivity contribution in [1.82, 2.24) is 9.97 Å². The normalized spacial score (nSPS) is 10.1. The molecule has 0 aliphatic rings. The minimum absolute atomic E-state index is 0.0388. The van der Waals surface area contributed by atoms with Crippen molar-refractivity contribution in [1.29, 1.82) is 0 Å². The number of nitrogens with zero attached hydrogens (tertiary/aromatic N) is 3. The van der Waals surface area contributed by atoms with E-state index in [1.165, 1.54) is 0 Å². The zero-order chi connectivity index (χ0) is 17.4. The molecule has 0 aliphatic heterocycles. The Kier molecular flexibility index (Phi) is 6.24. The fraction of sp³-hybridized carbons (Fsp3) is 0.294. The summed E-state index contributed by atoms with van der Waals surface area (Å²) in [7, 11) is 1.67. The first-order valence-electron chi connectivity index (χ1n) is 7.61. The molecule has 7 nitrogen and oxygen atoms in total. The molecule has 24 heavy (non-hydrogen) atoms. The molecule has 0 saturated heterocycles. The van der Waals surface area contributed by atoms with Gasteiger partial charge < -0.3 is 15.0 Å². The number of likely N-dealkylation sites (N-methyl/N-ethyl adjacent to an activating group) is 1. The summed E-state index contributed by atoms with van der Waals surface area (Å²) in [5, 5.41) is 2.75. The summed E-state index contributed by atoms with van der Waals surface area (Å²) >= 11 is 0. The van der Waals surface area contributed by atoms with Crippen LogP contribution in [0.25, 0.3) is 0 Å². The van der Waals surface area contributed by atoms with Crippen LogP contribution < -0.4 is 10.2 Å². The number of esters is 1. The number of aryl methyl sites for hydroxylation is 1. The summed E-state index contributed by atoms with van der Waals surface area (Å²) in [5.74, 6) is -0.484.